The van der Waals surface area contributed by atoms with Gasteiger partial charge in [0.1, 0.15) is 0 Å². The Hall–Kier alpha value is -1.92. The number of imidazole rings is 1. The van der Waals surface area contributed by atoms with Crippen molar-refractivity contribution in [3.8, 4) is 0 Å². The smallest absolute Gasteiger partial charge is 0.240 e. The molecule has 1 atom stereocenters. The van der Waals surface area contributed by atoms with Gasteiger partial charge < -0.3 is 15.0 Å². The highest BCUT2D eigenvalue weighted by molar-refractivity contribution is 5.86. The van der Waals surface area contributed by atoms with E-state index in [1.54, 1.807) is 6.33 Å². The number of rotatable bonds is 4. The SMILES string of the molecule is Cc1cc2ncn(CC(O)CN3CCNC(=O)C3(C)C)c2cc1C. The summed E-state index contributed by atoms with van der Waals surface area (Å²) in [5, 5.41) is 13.4. The van der Waals surface area contributed by atoms with Crippen LogP contribution in [0.25, 0.3) is 11.0 Å². The molecule has 6 nitrogen and oxygen atoms in total. The average molecular weight is 330 g/mol. The molecule has 0 aliphatic carbocycles. The van der Waals surface area contributed by atoms with Crippen LogP contribution in [0.15, 0.2) is 18.5 Å². The Balaban J connectivity index is 1.74. The Labute approximate surface area is 142 Å². The van der Waals surface area contributed by atoms with Crippen LogP contribution in [0, 0.1) is 13.8 Å². The van der Waals surface area contributed by atoms with Crippen molar-refractivity contribution in [3.63, 3.8) is 0 Å². The molecule has 1 amide bonds. The topological polar surface area (TPSA) is 70.4 Å². The maximum Gasteiger partial charge on any atom is 0.240 e. The molecular weight excluding hydrogens is 304 g/mol. The number of aliphatic hydroxyl groups excluding tert-OH is 1. The van der Waals surface area contributed by atoms with Crippen molar-refractivity contribution in [1.29, 1.82) is 0 Å². The second-order valence-electron chi connectivity index (χ2n) is 7.24. The zero-order valence-corrected chi connectivity index (χ0v) is 14.8. The second-order valence-corrected chi connectivity index (χ2v) is 7.24. The molecule has 1 aromatic heterocycles. The molecule has 2 N–H and O–H groups in total. The van der Waals surface area contributed by atoms with Crippen molar-refractivity contribution >= 4 is 16.9 Å². The third-order valence-electron chi connectivity index (χ3n) is 5.09. The summed E-state index contributed by atoms with van der Waals surface area (Å²) in [7, 11) is 0. The normalized spacial score (nSPS) is 19.5. The number of β-amino-alcohol motifs (C(OH)–C–C–N with tert-alkyl or cyclic N) is 1. The second kappa shape index (κ2) is 6.18. The third-order valence-corrected chi connectivity index (χ3v) is 5.09. The summed E-state index contributed by atoms with van der Waals surface area (Å²) in [6.45, 7) is 10.3. The van der Waals surface area contributed by atoms with Crippen LogP contribution < -0.4 is 5.32 Å². The predicted octanol–water partition coefficient (Wildman–Crippen LogP) is 1.22. The molecule has 2 aromatic rings. The van der Waals surface area contributed by atoms with Gasteiger partial charge in [0.2, 0.25) is 5.91 Å². The van der Waals surface area contributed by atoms with Gasteiger partial charge in [-0.15, -0.1) is 0 Å². The van der Waals surface area contributed by atoms with Gasteiger partial charge in [-0.3, -0.25) is 9.69 Å². The van der Waals surface area contributed by atoms with Crippen LogP contribution in [-0.2, 0) is 11.3 Å². The predicted molar refractivity (Wildman–Crippen MR) is 93.9 cm³/mol. The van der Waals surface area contributed by atoms with Crippen LogP contribution in [0.5, 0.6) is 0 Å². The lowest BCUT2D eigenvalue weighted by atomic mass is 9.98. The van der Waals surface area contributed by atoms with Crippen molar-refractivity contribution in [2.75, 3.05) is 19.6 Å². The fourth-order valence-corrected chi connectivity index (χ4v) is 3.26. The minimum atomic E-state index is -0.593. The first kappa shape index (κ1) is 16.9. The molecule has 24 heavy (non-hydrogen) atoms. The van der Waals surface area contributed by atoms with Gasteiger partial charge in [0, 0.05) is 19.6 Å². The molecule has 6 heteroatoms. The Morgan fingerprint density at radius 3 is 2.75 bits per heavy atom. The van der Waals surface area contributed by atoms with Gasteiger partial charge in [0.25, 0.3) is 0 Å². The van der Waals surface area contributed by atoms with Crippen molar-refractivity contribution < 1.29 is 9.90 Å². The van der Waals surface area contributed by atoms with Crippen LogP contribution >= 0.6 is 0 Å². The lowest BCUT2D eigenvalue weighted by Crippen LogP contribution is -2.63. The zero-order valence-electron chi connectivity index (χ0n) is 14.8. The maximum absolute atomic E-state index is 12.0. The number of nitrogens with one attached hydrogen (secondary N) is 1. The van der Waals surface area contributed by atoms with Gasteiger partial charge in [-0.2, -0.15) is 0 Å². The molecule has 1 aromatic carbocycles. The first-order valence-electron chi connectivity index (χ1n) is 8.42. The number of aryl methyl sites for hydroxylation is 2. The number of carbonyl (C=O) groups is 1. The van der Waals surface area contributed by atoms with Gasteiger partial charge >= 0.3 is 0 Å². The highest BCUT2D eigenvalue weighted by atomic mass is 16.3. The highest BCUT2D eigenvalue weighted by Crippen LogP contribution is 2.20. The molecule has 0 spiro atoms. The summed E-state index contributed by atoms with van der Waals surface area (Å²) in [6, 6.07) is 4.19. The lowest BCUT2D eigenvalue weighted by Gasteiger charge is -2.42. The summed E-state index contributed by atoms with van der Waals surface area (Å²) in [5.41, 5.74) is 3.82. The number of piperazine rings is 1. The number of aliphatic hydroxyl groups is 1. The van der Waals surface area contributed by atoms with Crippen LogP contribution in [-0.4, -0.2) is 56.7 Å². The van der Waals surface area contributed by atoms with E-state index in [0.29, 0.717) is 19.6 Å². The molecule has 130 valence electrons. The van der Waals surface area contributed by atoms with Gasteiger partial charge in [-0.05, 0) is 51.0 Å². The Morgan fingerprint density at radius 2 is 2.00 bits per heavy atom. The number of hydrogen-bond donors (Lipinski definition) is 2. The summed E-state index contributed by atoms with van der Waals surface area (Å²) < 4.78 is 1.99. The summed E-state index contributed by atoms with van der Waals surface area (Å²) in [5.74, 6) is 0.0140. The molecular formula is C18H26N4O2. The van der Waals surface area contributed by atoms with E-state index in [2.05, 4.69) is 36.3 Å². The largest absolute Gasteiger partial charge is 0.390 e. The number of amides is 1. The Kier molecular flexibility index (Phi) is 4.36. The van der Waals surface area contributed by atoms with Gasteiger partial charge in [0.15, 0.2) is 0 Å². The fourth-order valence-electron chi connectivity index (χ4n) is 3.26. The first-order valence-corrected chi connectivity index (χ1v) is 8.42. The van der Waals surface area contributed by atoms with Gasteiger partial charge in [-0.1, -0.05) is 0 Å². The molecule has 1 aliphatic heterocycles. The number of hydrogen-bond acceptors (Lipinski definition) is 4. The maximum atomic E-state index is 12.0. The third kappa shape index (κ3) is 3.03. The minimum absolute atomic E-state index is 0.0140. The van der Waals surface area contributed by atoms with E-state index in [1.165, 1.54) is 11.1 Å². The number of benzene rings is 1. The van der Waals surface area contributed by atoms with Crippen LogP contribution in [0.2, 0.25) is 0 Å². The number of fused-ring (bicyclic) bond motifs is 1. The highest BCUT2D eigenvalue weighted by Gasteiger charge is 2.38. The molecule has 1 fully saturated rings. The van der Waals surface area contributed by atoms with Crippen molar-refractivity contribution in [2.24, 2.45) is 0 Å². The summed E-state index contributed by atoms with van der Waals surface area (Å²) in [4.78, 5) is 18.5. The van der Waals surface area contributed by atoms with Crippen LogP contribution in [0.3, 0.4) is 0 Å². The number of aromatic nitrogens is 2. The number of nitrogens with zero attached hydrogens (tertiary/aromatic N) is 3. The number of carbonyl (C=O) groups excluding carboxylic acids is 1. The monoisotopic (exact) mass is 330 g/mol. The first-order chi connectivity index (χ1) is 11.3. The van der Waals surface area contributed by atoms with E-state index in [4.69, 9.17) is 0 Å². The standard InChI is InChI=1S/C18H26N4O2/c1-12-7-15-16(8-13(12)2)21(11-20-15)9-14(23)10-22-6-5-19-17(24)18(22,3)4/h7-8,11,14,23H,5-6,9-10H2,1-4H3,(H,19,24). The van der Waals surface area contributed by atoms with E-state index >= 15 is 0 Å². The van der Waals surface area contributed by atoms with Gasteiger partial charge in [-0.25, -0.2) is 4.98 Å². The lowest BCUT2D eigenvalue weighted by molar-refractivity contribution is -0.136. The summed E-state index contributed by atoms with van der Waals surface area (Å²) >= 11 is 0. The molecule has 0 radical (unpaired) electrons. The van der Waals surface area contributed by atoms with E-state index in [-0.39, 0.29) is 5.91 Å². The van der Waals surface area contributed by atoms with E-state index < -0.39 is 11.6 Å². The van der Waals surface area contributed by atoms with Gasteiger partial charge in [0.05, 0.1) is 35.5 Å². The zero-order chi connectivity index (χ0) is 17.5. The quantitative estimate of drug-likeness (QED) is 0.884. The van der Waals surface area contributed by atoms with Crippen LogP contribution in [0.4, 0.5) is 0 Å². The molecule has 2 heterocycles. The molecule has 0 bridgehead atoms. The molecule has 1 aliphatic rings. The summed E-state index contributed by atoms with van der Waals surface area (Å²) in [6.07, 6.45) is 1.22. The van der Waals surface area contributed by atoms with Crippen molar-refractivity contribution in [1.82, 2.24) is 19.8 Å². The van der Waals surface area contributed by atoms with Crippen LogP contribution in [0.1, 0.15) is 25.0 Å². The molecule has 1 unspecified atom stereocenters. The average Bonchev–Trinajstić information content (AvgIpc) is 2.87. The minimum Gasteiger partial charge on any atom is -0.390 e. The Bertz CT molecular complexity index is 766. The fraction of sp³-hybridized carbons (Fsp3) is 0.556. The van der Waals surface area contributed by atoms with E-state index in [0.717, 1.165) is 17.6 Å². The molecule has 3 rings (SSSR count). The Morgan fingerprint density at radius 1 is 1.29 bits per heavy atom. The van der Waals surface area contributed by atoms with Crippen molar-refractivity contribution in [2.45, 2.75) is 45.9 Å². The van der Waals surface area contributed by atoms with E-state index in [1.807, 2.05) is 23.3 Å². The van der Waals surface area contributed by atoms with E-state index in [9.17, 15) is 9.90 Å². The molecule has 0 saturated carbocycles. The van der Waals surface area contributed by atoms with Crippen molar-refractivity contribution in [3.05, 3.63) is 29.6 Å². The molecule has 1 saturated heterocycles.